The Morgan fingerprint density at radius 3 is 2.56 bits per heavy atom. The molecule has 1 saturated heterocycles. The Kier molecular flexibility index (Phi) is 4.68. The van der Waals surface area contributed by atoms with Crippen LogP contribution in [-0.4, -0.2) is 30.5 Å². The van der Waals surface area contributed by atoms with Crippen LogP contribution in [0.3, 0.4) is 0 Å². The number of hydrogen-bond acceptors (Lipinski definition) is 3. The number of aromatic nitrogens is 1. The fourth-order valence-electron chi connectivity index (χ4n) is 3.94. The van der Waals surface area contributed by atoms with Gasteiger partial charge in [-0.2, -0.15) is 0 Å². The number of nitrogens with zero attached hydrogens (tertiary/aromatic N) is 3. The van der Waals surface area contributed by atoms with E-state index in [1.54, 1.807) is 6.20 Å². The molecule has 4 nitrogen and oxygen atoms in total. The van der Waals surface area contributed by atoms with Crippen molar-refractivity contribution in [1.29, 1.82) is 0 Å². The summed E-state index contributed by atoms with van der Waals surface area (Å²) in [5.74, 6) is 0.0174. The van der Waals surface area contributed by atoms with Crippen molar-refractivity contribution in [2.24, 2.45) is 0 Å². The zero-order valence-electron chi connectivity index (χ0n) is 14.7. The average molecular weight is 335 g/mol. The molecular formula is C21H25N3O. The first kappa shape index (κ1) is 16.1. The second-order valence-electron chi connectivity index (χ2n) is 6.99. The van der Waals surface area contributed by atoms with E-state index >= 15 is 0 Å². The zero-order valence-corrected chi connectivity index (χ0v) is 14.7. The van der Waals surface area contributed by atoms with Gasteiger partial charge in [0.1, 0.15) is 5.69 Å². The Bertz CT molecular complexity index is 750. The third-order valence-corrected chi connectivity index (χ3v) is 5.29. The standard InChI is InChI=1S/C21H25N3O/c25-21(24-15-7-9-17-8-3-4-10-20(17)24)19-16-18(11-12-22-19)23-13-5-1-2-6-14-23/h3-4,8,10-12,16H,1-2,5-7,9,13-15H2. The molecule has 4 rings (SSSR count). The Labute approximate surface area is 149 Å². The summed E-state index contributed by atoms with van der Waals surface area (Å²) in [5.41, 5.74) is 3.98. The molecule has 2 aromatic rings. The number of carbonyl (C=O) groups is 1. The molecule has 2 aliphatic heterocycles. The molecule has 1 aromatic carbocycles. The predicted molar refractivity (Wildman–Crippen MR) is 101 cm³/mol. The molecule has 0 spiro atoms. The Morgan fingerprint density at radius 1 is 0.920 bits per heavy atom. The van der Waals surface area contributed by atoms with E-state index in [-0.39, 0.29) is 5.91 Å². The highest BCUT2D eigenvalue weighted by Crippen LogP contribution is 2.28. The van der Waals surface area contributed by atoms with Gasteiger partial charge in [0, 0.05) is 37.2 Å². The first-order valence-corrected chi connectivity index (χ1v) is 9.44. The monoisotopic (exact) mass is 335 g/mol. The number of pyridine rings is 1. The molecule has 4 heteroatoms. The molecule has 0 N–H and O–H groups in total. The van der Waals surface area contributed by atoms with Gasteiger partial charge in [-0.05, 0) is 49.4 Å². The Hall–Kier alpha value is -2.36. The summed E-state index contributed by atoms with van der Waals surface area (Å²) < 4.78 is 0. The summed E-state index contributed by atoms with van der Waals surface area (Å²) in [6.45, 7) is 2.92. The minimum Gasteiger partial charge on any atom is -0.371 e. The van der Waals surface area contributed by atoms with E-state index in [9.17, 15) is 4.79 Å². The maximum atomic E-state index is 13.1. The van der Waals surface area contributed by atoms with Gasteiger partial charge in [0.2, 0.25) is 0 Å². The van der Waals surface area contributed by atoms with Crippen LogP contribution in [0.15, 0.2) is 42.6 Å². The summed E-state index contributed by atoms with van der Waals surface area (Å²) >= 11 is 0. The first-order chi connectivity index (χ1) is 12.3. The molecule has 3 heterocycles. The van der Waals surface area contributed by atoms with Crippen molar-refractivity contribution in [2.45, 2.75) is 38.5 Å². The summed E-state index contributed by atoms with van der Waals surface area (Å²) in [6, 6.07) is 12.2. The maximum absolute atomic E-state index is 13.1. The molecule has 0 radical (unpaired) electrons. The van der Waals surface area contributed by atoms with Gasteiger partial charge >= 0.3 is 0 Å². The topological polar surface area (TPSA) is 36.4 Å². The molecule has 0 atom stereocenters. The first-order valence-electron chi connectivity index (χ1n) is 9.44. The zero-order chi connectivity index (χ0) is 17.1. The van der Waals surface area contributed by atoms with Crippen molar-refractivity contribution in [3.05, 3.63) is 53.9 Å². The van der Waals surface area contributed by atoms with Gasteiger partial charge in [0.15, 0.2) is 0 Å². The number of anilines is 2. The fourth-order valence-corrected chi connectivity index (χ4v) is 3.94. The van der Waals surface area contributed by atoms with Crippen molar-refractivity contribution >= 4 is 17.3 Å². The third-order valence-electron chi connectivity index (χ3n) is 5.29. The smallest absolute Gasteiger partial charge is 0.276 e. The highest BCUT2D eigenvalue weighted by atomic mass is 16.2. The molecule has 0 aliphatic carbocycles. The van der Waals surface area contributed by atoms with E-state index in [0.29, 0.717) is 5.69 Å². The van der Waals surface area contributed by atoms with Crippen molar-refractivity contribution < 1.29 is 4.79 Å². The molecule has 0 bridgehead atoms. The molecule has 0 saturated carbocycles. The van der Waals surface area contributed by atoms with Gasteiger partial charge in [0.25, 0.3) is 5.91 Å². The third kappa shape index (κ3) is 3.39. The van der Waals surface area contributed by atoms with E-state index in [4.69, 9.17) is 0 Å². The quantitative estimate of drug-likeness (QED) is 0.830. The van der Waals surface area contributed by atoms with Gasteiger partial charge in [-0.25, -0.2) is 0 Å². The van der Waals surface area contributed by atoms with Gasteiger partial charge < -0.3 is 9.80 Å². The number of amides is 1. The largest absolute Gasteiger partial charge is 0.371 e. The average Bonchev–Trinajstić information content (AvgIpc) is 2.97. The summed E-state index contributed by atoms with van der Waals surface area (Å²) in [7, 11) is 0. The molecule has 0 unspecified atom stereocenters. The van der Waals surface area contributed by atoms with Crippen molar-refractivity contribution in [2.75, 3.05) is 29.4 Å². The minimum absolute atomic E-state index is 0.0174. The highest BCUT2D eigenvalue weighted by Gasteiger charge is 2.24. The summed E-state index contributed by atoms with van der Waals surface area (Å²) in [4.78, 5) is 21.8. The lowest BCUT2D eigenvalue weighted by atomic mass is 10.0. The number of hydrogen-bond donors (Lipinski definition) is 0. The molecule has 130 valence electrons. The van der Waals surface area contributed by atoms with E-state index in [1.807, 2.05) is 35.2 Å². The van der Waals surface area contributed by atoms with Gasteiger partial charge in [0.05, 0.1) is 0 Å². The van der Waals surface area contributed by atoms with Gasteiger partial charge in [-0.1, -0.05) is 31.0 Å². The fraction of sp³-hybridized carbons (Fsp3) is 0.429. The minimum atomic E-state index is 0.0174. The molecule has 1 aromatic heterocycles. The number of para-hydroxylation sites is 1. The van der Waals surface area contributed by atoms with Crippen LogP contribution in [0.2, 0.25) is 0 Å². The van der Waals surface area contributed by atoms with E-state index in [2.05, 4.69) is 16.0 Å². The van der Waals surface area contributed by atoms with Crippen molar-refractivity contribution in [3.63, 3.8) is 0 Å². The van der Waals surface area contributed by atoms with E-state index in [1.165, 1.54) is 31.2 Å². The van der Waals surface area contributed by atoms with Crippen LogP contribution >= 0.6 is 0 Å². The molecule has 2 aliphatic rings. The maximum Gasteiger partial charge on any atom is 0.276 e. The van der Waals surface area contributed by atoms with E-state index in [0.717, 1.165) is 43.9 Å². The highest BCUT2D eigenvalue weighted by molar-refractivity contribution is 6.05. The lowest BCUT2D eigenvalue weighted by Crippen LogP contribution is -2.36. The van der Waals surface area contributed by atoms with Crippen LogP contribution < -0.4 is 9.80 Å². The summed E-state index contributed by atoms with van der Waals surface area (Å²) in [6.07, 6.45) is 8.89. The molecule has 1 amide bonds. The summed E-state index contributed by atoms with van der Waals surface area (Å²) in [5, 5.41) is 0. The van der Waals surface area contributed by atoms with Gasteiger partial charge in [-0.3, -0.25) is 9.78 Å². The second kappa shape index (κ2) is 7.26. The van der Waals surface area contributed by atoms with Crippen LogP contribution in [0.25, 0.3) is 0 Å². The second-order valence-corrected chi connectivity index (χ2v) is 6.99. The van der Waals surface area contributed by atoms with Gasteiger partial charge in [-0.15, -0.1) is 0 Å². The lowest BCUT2D eigenvalue weighted by Gasteiger charge is -2.29. The van der Waals surface area contributed by atoms with Crippen molar-refractivity contribution in [1.82, 2.24) is 4.98 Å². The number of rotatable bonds is 2. The number of carbonyl (C=O) groups excluding carboxylic acids is 1. The molecule has 25 heavy (non-hydrogen) atoms. The Morgan fingerprint density at radius 2 is 1.72 bits per heavy atom. The van der Waals surface area contributed by atoms with Crippen LogP contribution in [0.1, 0.15) is 48.2 Å². The lowest BCUT2D eigenvalue weighted by molar-refractivity contribution is 0.0980. The molecule has 1 fully saturated rings. The van der Waals surface area contributed by atoms with Crippen LogP contribution in [0.4, 0.5) is 11.4 Å². The SMILES string of the molecule is O=C(c1cc(N2CCCCCC2)ccn1)N1CCCc2ccccc21. The number of benzene rings is 1. The Balaban J connectivity index is 1.60. The number of fused-ring (bicyclic) bond motifs is 1. The van der Waals surface area contributed by atoms with Crippen LogP contribution in [-0.2, 0) is 6.42 Å². The van der Waals surface area contributed by atoms with Crippen LogP contribution in [0.5, 0.6) is 0 Å². The normalized spacial score (nSPS) is 17.8. The van der Waals surface area contributed by atoms with Crippen LogP contribution in [0, 0.1) is 0 Å². The van der Waals surface area contributed by atoms with Crippen molar-refractivity contribution in [3.8, 4) is 0 Å². The van der Waals surface area contributed by atoms with E-state index < -0.39 is 0 Å². The predicted octanol–water partition coefficient (Wildman–Crippen LogP) is 4.06. The number of aryl methyl sites for hydroxylation is 1. The molecular weight excluding hydrogens is 310 g/mol.